The molecule has 1 atom stereocenters. The number of carbonyl (C=O) groups is 3. The Kier molecular flexibility index (Phi) is 6.85. The van der Waals surface area contributed by atoms with Crippen LogP contribution in [0.1, 0.15) is 29.9 Å². The molecule has 0 aliphatic carbocycles. The number of rotatable bonds is 7. The first-order valence-corrected chi connectivity index (χ1v) is 8.99. The summed E-state index contributed by atoms with van der Waals surface area (Å²) in [6.45, 7) is 4.95. The van der Waals surface area contributed by atoms with Crippen LogP contribution in [0, 0.1) is 12.8 Å². The highest BCUT2D eigenvalue weighted by molar-refractivity contribution is 7.13. The van der Waals surface area contributed by atoms with E-state index in [0.29, 0.717) is 10.7 Å². The molecule has 2 N–H and O–H groups in total. The second-order valence-electron chi connectivity index (χ2n) is 6.01. The minimum absolute atomic E-state index is 0.195. The smallest absolute Gasteiger partial charge is 0.329 e. The van der Waals surface area contributed by atoms with Gasteiger partial charge in [-0.1, -0.05) is 32.0 Å². The van der Waals surface area contributed by atoms with Gasteiger partial charge in [-0.25, -0.2) is 9.78 Å². The average molecular weight is 375 g/mol. The van der Waals surface area contributed by atoms with Gasteiger partial charge in [0.2, 0.25) is 0 Å². The molecule has 138 valence electrons. The molecule has 2 amide bonds. The number of ether oxygens (including phenoxy) is 1. The van der Waals surface area contributed by atoms with Crippen molar-refractivity contribution >= 4 is 34.3 Å². The molecule has 0 fully saturated rings. The van der Waals surface area contributed by atoms with Gasteiger partial charge in [-0.05, 0) is 25.0 Å². The summed E-state index contributed by atoms with van der Waals surface area (Å²) in [5, 5.41) is 7.46. The molecule has 0 bridgehead atoms. The molecule has 0 aliphatic heterocycles. The number of carbonyl (C=O) groups excluding carboxylic acids is 3. The van der Waals surface area contributed by atoms with Crippen LogP contribution in [0.15, 0.2) is 35.7 Å². The molecule has 1 aromatic carbocycles. The van der Waals surface area contributed by atoms with Crippen molar-refractivity contribution in [2.24, 2.45) is 5.92 Å². The molecule has 0 radical (unpaired) electrons. The first kappa shape index (κ1) is 19.6. The van der Waals surface area contributed by atoms with Crippen molar-refractivity contribution in [1.82, 2.24) is 10.3 Å². The highest BCUT2D eigenvalue weighted by Crippen LogP contribution is 2.14. The molecule has 0 saturated carbocycles. The lowest BCUT2D eigenvalue weighted by molar-refractivity contribution is -0.150. The topological polar surface area (TPSA) is 97.4 Å². The lowest BCUT2D eigenvalue weighted by atomic mass is 10.0. The molecule has 0 aliphatic rings. The van der Waals surface area contributed by atoms with Crippen LogP contribution in [-0.4, -0.2) is 35.4 Å². The summed E-state index contributed by atoms with van der Waals surface area (Å²) in [6.07, 6.45) is 0. The fourth-order valence-electron chi connectivity index (χ4n) is 2.11. The normalized spacial score (nSPS) is 11.7. The van der Waals surface area contributed by atoms with E-state index in [1.807, 2.05) is 6.92 Å². The molecule has 0 saturated heterocycles. The third-order valence-electron chi connectivity index (χ3n) is 3.45. The third kappa shape index (κ3) is 5.66. The van der Waals surface area contributed by atoms with Crippen LogP contribution in [0.4, 0.5) is 5.13 Å². The van der Waals surface area contributed by atoms with Gasteiger partial charge in [-0.3, -0.25) is 14.9 Å². The molecular weight excluding hydrogens is 354 g/mol. The Morgan fingerprint density at radius 1 is 1.19 bits per heavy atom. The summed E-state index contributed by atoms with van der Waals surface area (Å²) >= 11 is 1.29. The number of nitrogens with zero attached hydrogens (tertiary/aromatic N) is 1. The molecule has 1 aromatic heterocycles. The highest BCUT2D eigenvalue weighted by Gasteiger charge is 2.26. The van der Waals surface area contributed by atoms with Gasteiger partial charge in [-0.15, -0.1) is 11.3 Å². The number of hydrogen-bond acceptors (Lipinski definition) is 6. The van der Waals surface area contributed by atoms with Crippen LogP contribution in [0.5, 0.6) is 0 Å². The standard InChI is InChI=1S/C18H21N3O4S/c1-11(2)15(21-16(23)13-7-5-4-6-8-13)17(24)25-9-14(22)20-18-19-12(3)10-26-18/h4-8,10-11,15H,9H2,1-3H3,(H,21,23)(H,19,20,22)/t15-/m0/s1. The molecule has 0 unspecified atom stereocenters. The van der Waals surface area contributed by atoms with Gasteiger partial charge in [0.15, 0.2) is 11.7 Å². The number of aromatic nitrogens is 1. The molecule has 0 spiro atoms. The summed E-state index contributed by atoms with van der Waals surface area (Å²) < 4.78 is 5.05. The lowest BCUT2D eigenvalue weighted by Gasteiger charge is -2.20. The lowest BCUT2D eigenvalue weighted by Crippen LogP contribution is -2.45. The zero-order chi connectivity index (χ0) is 19.1. The maximum atomic E-state index is 12.3. The maximum absolute atomic E-state index is 12.3. The van der Waals surface area contributed by atoms with Crippen molar-refractivity contribution < 1.29 is 19.1 Å². The van der Waals surface area contributed by atoms with Gasteiger partial charge in [0.25, 0.3) is 11.8 Å². The van der Waals surface area contributed by atoms with Crippen molar-refractivity contribution in [3.8, 4) is 0 Å². The molecular formula is C18H21N3O4S. The number of benzene rings is 1. The first-order valence-electron chi connectivity index (χ1n) is 8.11. The Labute approximate surface area is 155 Å². The highest BCUT2D eigenvalue weighted by atomic mass is 32.1. The number of amides is 2. The van der Waals surface area contributed by atoms with E-state index >= 15 is 0 Å². The van der Waals surface area contributed by atoms with E-state index in [2.05, 4.69) is 15.6 Å². The van der Waals surface area contributed by atoms with E-state index in [4.69, 9.17) is 4.74 Å². The number of nitrogens with one attached hydrogen (secondary N) is 2. The first-order chi connectivity index (χ1) is 12.4. The number of esters is 1. The zero-order valence-corrected chi connectivity index (χ0v) is 15.6. The number of hydrogen-bond donors (Lipinski definition) is 2. The molecule has 1 heterocycles. The van der Waals surface area contributed by atoms with Crippen LogP contribution < -0.4 is 10.6 Å². The Hall–Kier alpha value is -2.74. The predicted octanol–water partition coefficient (Wildman–Crippen LogP) is 2.39. The van der Waals surface area contributed by atoms with E-state index in [0.717, 1.165) is 5.69 Å². The largest absolute Gasteiger partial charge is 0.454 e. The van der Waals surface area contributed by atoms with E-state index in [1.54, 1.807) is 49.6 Å². The fourth-order valence-corrected chi connectivity index (χ4v) is 2.81. The third-order valence-corrected chi connectivity index (χ3v) is 4.33. The van der Waals surface area contributed by atoms with Crippen molar-refractivity contribution in [2.45, 2.75) is 26.8 Å². The van der Waals surface area contributed by atoms with Gasteiger partial charge in [0.1, 0.15) is 6.04 Å². The second kappa shape index (κ2) is 9.10. The van der Waals surface area contributed by atoms with Gasteiger partial charge in [0, 0.05) is 10.9 Å². The summed E-state index contributed by atoms with van der Waals surface area (Å²) in [5.74, 6) is -1.71. The number of anilines is 1. The summed E-state index contributed by atoms with van der Waals surface area (Å²) in [6, 6.07) is 7.74. The predicted molar refractivity (Wildman–Crippen MR) is 99.0 cm³/mol. The zero-order valence-electron chi connectivity index (χ0n) is 14.8. The Bertz CT molecular complexity index is 774. The van der Waals surface area contributed by atoms with Gasteiger partial charge in [0.05, 0.1) is 5.69 Å². The van der Waals surface area contributed by atoms with E-state index in [1.165, 1.54) is 11.3 Å². The maximum Gasteiger partial charge on any atom is 0.329 e. The van der Waals surface area contributed by atoms with Gasteiger partial charge < -0.3 is 10.1 Å². The fraction of sp³-hybridized carbons (Fsp3) is 0.333. The van der Waals surface area contributed by atoms with Gasteiger partial charge in [-0.2, -0.15) is 0 Å². The van der Waals surface area contributed by atoms with Crippen molar-refractivity contribution in [3.05, 3.63) is 47.0 Å². The molecule has 26 heavy (non-hydrogen) atoms. The minimum Gasteiger partial charge on any atom is -0.454 e. The minimum atomic E-state index is -0.849. The van der Waals surface area contributed by atoms with Crippen molar-refractivity contribution in [3.63, 3.8) is 0 Å². The van der Waals surface area contributed by atoms with Crippen LogP contribution >= 0.6 is 11.3 Å². The Morgan fingerprint density at radius 2 is 1.88 bits per heavy atom. The van der Waals surface area contributed by atoms with Crippen molar-refractivity contribution in [2.75, 3.05) is 11.9 Å². The monoisotopic (exact) mass is 375 g/mol. The summed E-state index contributed by atoms with van der Waals surface area (Å²) in [5.41, 5.74) is 1.24. The molecule has 7 nitrogen and oxygen atoms in total. The summed E-state index contributed by atoms with van der Waals surface area (Å²) in [7, 11) is 0. The van der Waals surface area contributed by atoms with Gasteiger partial charge >= 0.3 is 5.97 Å². The number of thiazole rings is 1. The average Bonchev–Trinajstić information content (AvgIpc) is 3.02. The second-order valence-corrected chi connectivity index (χ2v) is 6.87. The van der Waals surface area contributed by atoms with Crippen LogP contribution in [0.25, 0.3) is 0 Å². The van der Waals surface area contributed by atoms with Crippen LogP contribution in [0.2, 0.25) is 0 Å². The van der Waals surface area contributed by atoms with E-state index in [-0.39, 0.29) is 11.8 Å². The van der Waals surface area contributed by atoms with Crippen LogP contribution in [0.3, 0.4) is 0 Å². The Balaban J connectivity index is 1.89. The molecule has 2 aromatic rings. The summed E-state index contributed by atoms with van der Waals surface area (Å²) in [4.78, 5) is 40.5. The van der Waals surface area contributed by atoms with E-state index < -0.39 is 24.5 Å². The Morgan fingerprint density at radius 3 is 2.46 bits per heavy atom. The molecule has 8 heteroatoms. The van der Waals surface area contributed by atoms with Crippen LogP contribution in [-0.2, 0) is 14.3 Å². The van der Waals surface area contributed by atoms with Crippen molar-refractivity contribution in [1.29, 1.82) is 0 Å². The quantitative estimate of drug-likeness (QED) is 0.724. The molecule has 2 rings (SSSR count). The number of aryl methyl sites for hydroxylation is 1. The van der Waals surface area contributed by atoms with E-state index in [9.17, 15) is 14.4 Å². The SMILES string of the molecule is Cc1csc(NC(=O)COC(=O)[C@@H](NC(=O)c2ccccc2)C(C)C)n1.